The van der Waals surface area contributed by atoms with E-state index in [2.05, 4.69) is 4.99 Å². The van der Waals surface area contributed by atoms with Crippen LogP contribution >= 0.6 is 0 Å². The number of esters is 1. The van der Waals surface area contributed by atoms with Crippen molar-refractivity contribution in [2.45, 2.75) is 19.9 Å². The first-order valence-electron chi connectivity index (χ1n) is 5.82. The monoisotopic (exact) mass is 231 g/mol. The summed E-state index contributed by atoms with van der Waals surface area (Å²) in [5.41, 5.74) is 2.10. The molecule has 0 spiro atoms. The van der Waals surface area contributed by atoms with E-state index in [0.29, 0.717) is 0 Å². The molecule has 0 aliphatic carbocycles. The van der Waals surface area contributed by atoms with Crippen molar-refractivity contribution in [2.24, 2.45) is 16.8 Å². The predicted molar refractivity (Wildman–Crippen MR) is 67.0 cm³/mol. The lowest BCUT2D eigenvalue weighted by Gasteiger charge is -2.19. The van der Waals surface area contributed by atoms with Gasteiger partial charge >= 0.3 is 5.97 Å². The number of carbonyl (C=O) groups excluding carboxylic acids is 1. The molecule has 0 saturated heterocycles. The third-order valence-corrected chi connectivity index (χ3v) is 3.49. The first kappa shape index (κ1) is 11.8. The smallest absolute Gasteiger partial charge is 0.311 e. The van der Waals surface area contributed by atoms with Gasteiger partial charge in [0.1, 0.15) is 0 Å². The maximum Gasteiger partial charge on any atom is 0.311 e. The van der Waals surface area contributed by atoms with Crippen molar-refractivity contribution in [1.82, 2.24) is 0 Å². The van der Waals surface area contributed by atoms with Gasteiger partial charge in [-0.25, -0.2) is 0 Å². The summed E-state index contributed by atoms with van der Waals surface area (Å²) in [6.07, 6.45) is 0. The topological polar surface area (TPSA) is 38.7 Å². The maximum atomic E-state index is 11.9. The van der Waals surface area contributed by atoms with Crippen molar-refractivity contribution >= 4 is 11.7 Å². The molecule has 0 unspecified atom stereocenters. The van der Waals surface area contributed by atoms with Crippen LogP contribution in [0.2, 0.25) is 0 Å². The summed E-state index contributed by atoms with van der Waals surface area (Å²) in [6.45, 7) is 4.01. The molecule has 0 radical (unpaired) electrons. The number of hydrogen-bond donors (Lipinski definition) is 0. The molecule has 0 fully saturated rings. The van der Waals surface area contributed by atoms with Crippen LogP contribution in [0.4, 0.5) is 0 Å². The minimum absolute atomic E-state index is 0.0985. The Balaban J connectivity index is 2.35. The predicted octanol–water partition coefficient (Wildman–Crippen LogP) is 2.63. The zero-order valence-electron chi connectivity index (χ0n) is 10.4. The number of benzene rings is 1. The lowest BCUT2D eigenvalue weighted by atomic mass is 9.85. The molecule has 3 nitrogen and oxygen atoms in total. The van der Waals surface area contributed by atoms with Crippen LogP contribution in [-0.2, 0) is 9.53 Å². The number of nitrogens with zero attached hydrogens (tertiary/aromatic N) is 1. The van der Waals surface area contributed by atoms with Gasteiger partial charge in [0, 0.05) is 11.6 Å². The van der Waals surface area contributed by atoms with Gasteiger partial charge < -0.3 is 4.74 Å². The highest BCUT2D eigenvalue weighted by Crippen LogP contribution is 2.38. The molecule has 0 saturated carbocycles. The van der Waals surface area contributed by atoms with Crippen molar-refractivity contribution in [2.75, 3.05) is 7.11 Å². The maximum absolute atomic E-state index is 11.9. The molecule has 1 aromatic carbocycles. The van der Waals surface area contributed by atoms with Crippen molar-refractivity contribution in [3.05, 3.63) is 35.9 Å². The molecule has 0 N–H and O–H groups in total. The largest absolute Gasteiger partial charge is 0.469 e. The second-order valence-electron chi connectivity index (χ2n) is 4.46. The summed E-state index contributed by atoms with van der Waals surface area (Å²) in [5, 5.41) is 0. The van der Waals surface area contributed by atoms with E-state index >= 15 is 0 Å². The average molecular weight is 231 g/mol. The van der Waals surface area contributed by atoms with Crippen LogP contribution in [0.3, 0.4) is 0 Å². The fourth-order valence-electron chi connectivity index (χ4n) is 2.35. The zero-order chi connectivity index (χ0) is 12.4. The number of hydrogen-bond acceptors (Lipinski definition) is 3. The number of methoxy groups -OCH3 is 1. The van der Waals surface area contributed by atoms with Gasteiger partial charge in [0.25, 0.3) is 0 Å². The Labute approximate surface area is 102 Å². The van der Waals surface area contributed by atoms with Gasteiger partial charge in [-0.3, -0.25) is 9.79 Å². The van der Waals surface area contributed by atoms with E-state index < -0.39 is 0 Å². The number of carbonyl (C=O) groups is 1. The minimum atomic E-state index is -0.192. The third-order valence-electron chi connectivity index (χ3n) is 3.49. The normalized spacial score (nSPS) is 27.7. The van der Waals surface area contributed by atoms with Crippen LogP contribution in [0.25, 0.3) is 0 Å². The van der Waals surface area contributed by atoms with Crippen LogP contribution in [0.5, 0.6) is 0 Å². The van der Waals surface area contributed by atoms with Gasteiger partial charge in [0.05, 0.1) is 19.1 Å². The molecule has 1 aliphatic rings. The molecule has 2 rings (SSSR count). The molecule has 1 aliphatic heterocycles. The summed E-state index contributed by atoms with van der Waals surface area (Å²) in [5.74, 6) is -0.220. The summed E-state index contributed by atoms with van der Waals surface area (Å²) in [7, 11) is 1.44. The van der Waals surface area contributed by atoms with E-state index in [1.54, 1.807) is 0 Å². The summed E-state index contributed by atoms with van der Waals surface area (Å²) in [4.78, 5) is 16.5. The van der Waals surface area contributed by atoms with Crippen LogP contribution in [-0.4, -0.2) is 18.8 Å². The molecule has 90 valence electrons. The SMILES string of the molecule is COC(=O)[C@H]1[C@@H](c2ccccc2)N=C(C)[C@@H]1C. The van der Waals surface area contributed by atoms with Crippen LogP contribution in [0.15, 0.2) is 35.3 Å². The highest BCUT2D eigenvalue weighted by Gasteiger charge is 2.40. The zero-order valence-corrected chi connectivity index (χ0v) is 10.4. The van der Waals surface area contributed by atoms with E-state index in [0.717, 1.165) is 11.3 Å². The van der Waals surface area contributed by atoms with Crippen LogP contribution < -0.4 is 0 Å². The van der Waals surface area contributed by atoms with Gasteiger partial charge in [-0.2, -0.15) is 0 Å². The summed E-state index contributed by atoms with van der Waals surface area (Å²) < 4.78 is 4.89. The molecule has 0 amide bonds. The Morgan fingerprint density at radius 1 is 1.29 bits per heavy atom. The lowest BCUT2D eigenvalue weighted by Crippen LogP contribution is -2.26. The fourth-order valence-corrected chi connectivity index (χ4v) is 2.35. The molecule has 0 aromatic heterocycles. The second kappa shape index (κ2) is 4.70. The van der Waals surface area contributed by atoms with Gasteiger partial charge in [-0.15, -0.1) is 0 Å². The summed E-state index contributed by atoms with van der Waals surface area (Å²) >= 11 is 0. The van der Waals surface area contributed by atoms with E-state index in [1.165, 1.54) is 7.11 Å². The minimum Gasteiger partial charge on any atom is -0.469 e. The molecule has 3 atom stereocenters. The van der Waals surface area contributed by atoms with Gasteiger partial charge in [-0.1, -0.05) is 37.3 Å². The highest BCUT2D eigenvalue weighted by molar-refractivity contribution is 5.92. The highest BCUT2D eigenvalue weighted by atomic mass is 16.5. The molecule has 1 aromatic rings. The number of ether oxygens (including phenoxy) is 1. The van der Waals surface area contributed by atoms with Crippen molar-refractivity contribution in [3.63, 3.8) is 0 Å². The molecule has 17 heavy (non-hydrogen) atoms. The van der Waals surface area contributed by atoms with Crippen molar-refractivity contribution in [1.29, 1.82) is 0 Å². The molecule has 1 heterocycles. The number of rotatable bonds is 2. The van der Waals surface area contributed by atoms with E-state index in [4.69, 9.17) is 4.74 Å². The lowest BCUT2D eigenvalue weighted by molar-refractivity contribution is -0.146. The first-order valence-corrected chi connectivity index (χ1v) is 5.82. The van der Waals surface area contributed by atoms with Gasteiger partial charge in [-0.05, 0) is 12.5 Å². The first-order chi connectivity index (χ1) is 8.15. The molecular formula is C14H17NO2. The second-order valence-corrected chi connectivity index (χ2v) is 4.46. The Hall–Kier alpha value is -1.64. The van der Waals surface area contributed by atoms with Gasteiger partial charge in [0.15, 0.2) is 0 Å². The van der Waals surface area contributed by atoms with Crippen LogP contribution in [0.1, 0.15) is 25.5 Å². The Morgan fingerprint density at radius 2 is 1.94 bits per heavy atom. The van der Waals surface area contributed by atoms with Crippen molar-refractivity contribution in [3.8, 4) is 0 Å². The molecule has 3 heteroatoms. The number of aliphatic imine (C=N–C) groups is 1. The molecule has 0 bridgehead atoms. The quantitative estimate of drug-likeness (QED) is 0.734. The fraction of sp³-hybridized carbons (Fsp3) is 0.429. The summed E-state index contributed by atoms with van der Waals surface area (Å²) in [6, 6.07) is 9.82. The standard InChI is InChI=1S/C14H17NO2/c1-9-10(2)15-13(12(9)14(16)17-3)11-7-5-4-6-8-11/h4-9,12-13H,1-3H3/t9-,12+,13+/m0/s1. The Kier molecular flexibility index (Phi) is 3.27. The third kappa shape index (κ3) is 2.09. The Bertz CT molecular complexity index is 439. The van der Waals surface area contributed by atoms with Crippen LogP contribution in [0, 0.1) is 11.8 Å². The van der Waals surface area contributed by atoms with E-state index in [9.17, 15) is 4.79 Å². The molecular weight excluding hydrogens is 214 g/mol. The van der Waals surface area contributed by atoms with Gasteiger partial charge in [0.2, 0.25) is 0 Å². The van der Waals surface area contributed by atoms with Crippen molar-refractivity contribution < 1.29 is 9.53 Å². The van der Waals surface area contributed by atoms with E-state index in [-0.39, 0.29) is 23.8 Å². The van der Waals surface area contributed by atoms with E-state index in [1.807, 2.05) is 44.2 Å². The average Bonchev–Trinajstić information content (AvgIpc) is 2.66. The Morgan fingerprint density at radius 3 is 2.53 bits per heavy atom.